The quantitative estimate of drug-likeness (QED) is 0.533. The molecule has 0 aliphatic carbocycles. The molecule has 0 bridgehead atoms. The molecule has 7 nitrogen and oxygen atoms in total. The number of aromatic nitrogens is 2. The van der Waals surface area contributed by atoms with Crippen LogP contribution < -0.4 is 5.32 Å². The number of carbonyl (C=O) groups is 2. The van der Waals surface area contributed by atoms with Crippen molar-refractivity contribution in [1.82, 2.24) is 20.0 Å². The van der Waals surface area contributed by atoms with Crippen LogP contribution in [0.1, 0.15) is 45.6 Å². The molecule has 1 aliphatic rings. The third-order valence-electron chi connectivity index (χ3n) is 6.07. The van der Waals surface area contributed by atoms with Gasteiger partial charge in [-0.2, -0.15) is 5.10 Å². The Balaban J connectivity index is 1.35. The molecule has 35 heavy (non-hydrogen) atoms. The van der Waals surface area contributed by atoms with Crippen molar-refractivity contribution < 1.29 is 14.3 Å². The molecule has 4 rings (SSSR count). The summed E-state index contributed by atoms with van der Waals surface area (Å²) in [5, 5.41) is 7.90. The Bertz CT molecular complexity index is 1130. The number of nitrogens with one attached hydrogen (secondary N) is 1. The lowest BCUT2D eigenvalue weighted by Crippen LogP contribution is -2.42. The fraction of sp³-hybridized carbons (Fsp3) is 0.393. The highest BCUT2D eigenvalue weighted by Gasteiger charge is 2.27. The summed E-state index contributed by atoms with van der Waals surface area (Å²) in [6.45, 7) is 7.26. The molecule has 1 aliphatic heterocycles. The molecule has 0 radical (unpaired) electrons. The molecule has 2 aromatic carbocycles. The first-order chi connectivity index (χ1) is 16.8. The number of hydrogen-bond acceptors (Lipinski definition) is 4. The first-order valence-corrected chi connectivity index (χ1v) is 12.2. The summed E-state index contributed by atoms with van der Waals surface area (Å²) in [6.07, 6.45) is 3.76. The molecular weight excluding hydrogens is 440 g/mol. The van der Waals surface area contributed by atoms with Crippen molar-refractivity contribution >= 4 is 12.0 Å². The highest BCUT2D eigenvalue weighted by molar-refractivity contribution is 5.76. The molecule has 2 heterocycles. The number of para-hydroxylation sites is 1. The van der Waals surface area contributed by atoms with Gasteiger partial charge < -0.3 is 15.0 Å². The fourth-order valence-corrected chi connectivity index (χ4v) is 4.27. The van der Waals surface area contributed by atoms with Crippen LogP contribution in [-0.4, -0.2) is 45.4 Å². The molecule has 1 saturated heterocycles. The van der Waals surface area contributed by atoms with Crippen molar-refractivity contribution in [2.45, 2.75) is 52.2 Å². The fourth-order valence-electron chi connectivity index (χ4n) is 4.27. The minimum Gasteiger partial charge on any atom is -0.444 e. The Hall–Kier alpha value is -3.61. The molecule has 184 valence electrons. The summed E-state index contributed by atoms with van der Waals surface area (Å²) in [5.41, 5.74) is 3.31. The molecule has 0 spiro atoms. The third-order valence-corrected chi connectivity index (χ3v) is 6.07. The number of benzene rings is 2. The molecule has 3 aromatic rings. The summed E-state index contributed by atoms with van der Waals surface area (Å²) in [5.74, 6) is 0.279. The zero-order valence-corrected chi connectivity index (χ0v) is 20.7. The van der Waals surface area contributed by atoms with Gasteiger partial charge in [0.15, 0.2) is 0 Å². The van der Waals surface area contributed by atoms with Crippen LogP contribution in [0.5, 0.6) is 0 Å². The van der Waals surface area contributed by atoms with Crippen molar-refractivity contribution in [2.24, 2.45) is 5.92 Å². The molecular formula is C28H34N4O3. The summed E-state index contributed by atoms with van der Waals surface area (Å²) in [7, 11) is 0. The lowest BCUT2D eigenvalue weighted by atomic mass is 9.93. The Morgan fingerprint density at radius 1 is 1.00 bits per heavy atom. The van der Waals surface area contributed by atoms with E-state index in [-0.39, 0.29) is 17.9 Å². The second-order valence-corrected chi connectivity index (χ2v) is 10.0. The van der Waals surface area contributed by atoms with Crippen LogP contribution >= 0.6 is 0 Å². The summed E-state index contributed by atoms with van der Waals surface area (Å²) in [6, 6.07) is 20.0. The zero-order valence-electron chi connectivity index (χ0n) is 20.7. The second-order valence-electron chi connectivity index (χ2n) is 10.0. The van der Waals surface area contributed by atoms with Crippen LogP contribution in [0.3, 0.4) is 0 Å². The number of rotatable bonds is 6. The van der Waals surface area contributed by atoms with Gasteiger partial charge in [0.05, 0.1) is 11.4 Å². The van der Waals surface area contributed by atoms with E-state index >= 15 is 0 Å². The summed E-state index contributed by atoms with van der Waals surface area (Å²) in [4.78, 5) is 26.8. The normalized spacial score (nSPS) is 14.5. The van der Waals surface area contributed by atoms with Crippen molar-refractivity contribution in [3.05, 3.63) is 72.4 Å². The number of piperidine rings is 1. The van der Waals surface area contributed by atoms with Gasteiger partial charge in [0.2, 0.25) is 5.91 Å². The first-order valence-electron chi connectivity index (χ1n) is 12.2. The summed E-state index contributed by atoms with van der Waals surface area (Å²) < 4.78 is 7.32. The maximum atomic E-state index is 12.8. The van der Waals surface area contributed by atoms with Gasteiger partial charge in [-0.05, 0) is 51.7 Å². The van der Waals surface area contributed by atoms with Gasteiger partial charge in [0, 0.05) is 43.4 Å². The Morgan fingerprint density at radius 3 is 2.26 bits per heavy atom. The Labute approximate surface area is 207 Å². The topological polar surface area (TPSA) is 76.5 Å². The standard InChI is InChI=1S/C28H34N4O3/c1-28(2,3)35-27(34)31-16-14-21(15-17-31)18-25(33)29-19-23-20-32(24-12-8-5-9-13-24)30-26(23)22-10-6-4-7-11-22/h4-13,20-21H,14-19H2,1-3H3,(H,29,33). The minimum absolute atomic E-state index is 0.0205. The Morgan fingerprint density at radius 2 is 1.63 bits per heavy atom. The van der Waals surface area contributed by atoms with E-state index in [1.165, 1.54) is 0 Å². The van der Waals surface area contributed by atoms with Gasteiger partial charge in [-0.3, -0.25) is 4.79 Å². The van der Waals surface area contributed by atoms with E-state index in [0.717, 1.165) is 35.3 Å². The van der Waals surface area contributed by atoms with Crippen LogP contribution in [0.4, 0.5) is 4.79 Å². The average Bonchev–Trinajstić information content (AvgIpc) is 3.28. The average molecular weight is 475 g/mol. The van der Waals surface area contributed by atoms with Crippen molar-refractivity contribution in [3.63, 3.8) is 0 Å². The van der Waals surface area contributed by atoms with Gasteiger partial charge in [-0.25, -0.2) is 9.48 Å². The van der Waals surface area contributed by atoms with E-state index in [1.807, 2.05) is 92.3 Å². The smallest absolute Gasteiger partial charge is 0.410 e. The molecule has 1 fully saturated rings. The second kappa shape index (κ2) is 10.8. The lowest BCUT2D eigenvalue weighted by Gasteiger charge is -2.33. The molecule has 1 aromatic heterocycles. The Kier molecular flexibility index (Phi) is 7.54. The van der Waals surface area contributed by atoms with E-state index in [2.05, 4.69) is 5.32 Å². The van der Waals surface area contributed by atoms with Crippen LogP contribution in [0.15, 0.2) is 66.9 Å². The molecule has 1 N–H and O–H groups in total. The largest absolute Gasteiger partial charge is 0.444 e. The molecule has 0 saturated carbocycles. The third kappa shape index (κ3) is 6.72. The van der Waals surface area contributed by atoms with Crippen molar-refractivity contribution in [2.75, 3.05) is 13.1 Å². The monoisotopic (exact) mass is 474 g/mol. The predicted molar refractivity (Wildman–Crippen MR) is 136 cm³/mol. The number of hydrogen-bond donors (Lipinski definition) is 1. The van der Waals surface area contributed by atoms with Crippen LogP contribution in [0.2, 0.25) is 0 Å². The highest BCUT2D eigenvalue weighted by atomic mass is 16.6. The van der Waals surface area contributed by atoms with Crippen LogP contribution in [-0.2, 0) is 16.1 Å². The highest BCUT2D eigenvalue weighted by Crippen LogP contribution is 2.25. The number of carbonyl (C=O) groups excluding carboxylic acids is 2. The van der Waals surface area contributed by atoms with Gasteiger partial charge in [-0.1, -0.05) is 48.5 Å². The number of nitrogens with zero attached hydrogens (tertiary/aromatic N) is 3. The molecule has 7 heteroatoms. The molecule has 0 unspecified atom stereocenters. The minimum atomic E-state index is -0.499. The number of ether oxygens (including phenoxy) is 1. The van der Waals surface area contributed by atoms with Crippen molar-refractivity contribution in [3.8, 4) is 16.9 Å². The number of amides is 2. The van der Waals surface area contributed by atoms with Gasteiger partial charge in [0.1, 0.15) is 5.60 Å². The lowest BCUT2D eigenvalue weighted by molar-refractivity contribution is -0.122. The number of likely N-dealkylation sites (tertiary alicyclic amines) is 1. The van der Waals surface area contributed by atoms with Gasteiger partial charge >= 0.3 is 6.09 Å². The van der Waals surface area contributed by atoms with Crippen LogP contribution in [0.25, 0.3) is 16.9 Å². The maximum Gasteiger partial charge on any atom is 0.410 e. The molecule has 2 amide bonds. The summed E-state index contributed by atoms with van der Waals surface area (Å²) >= 11 is 0. The van der Waals surface area contributed by atoms with Gasteiger partial charge in [0.25, 0.3) is 0 Å². The first kappa shape index (κ1) is 24.5. The van der Waals surface area contributed by atoms with E-state index in [9.17, 15) is 9.59 Å². The predicted octanol–water partition coefficient (Wildman–Crippen LogP) is 5.19. The van der Waals surface area contributed by atoms with E-state index in [1.54, 1.807) is 4.90 Å². The molecule has 0 atom stereocenters. The maximum absolute atomic E-state index is 12.8. The van der Waals surface area contributed by atoms with Crippen molar-refractivity contribution in [1.29, 1.82) is 0 Å². The zero-order chi connectivity index (χ0) is 24.8. The van der Waals surface area contributed by atoms with E-state index in [4.69, 9.17) is 9.84 Å². The van der Waals surface area contributed by atoms with Gasteiger partial charge in [-0.15, -0.1) is 0 Å². The van der Waals surface area contributed by atoms with E-state index < -0.39 is 5.60 Å². The van der Waals surface area contributed by atoms with E-state index in [0.29, 0.717) is 26.1 Å². The van der Waals surface area contributed by atoms with Crippen LogP contribution in [0, 0.1) is 5.92 Å². The SMILES string of the molecule is CC(C)(C)OC(=O)N1CCC(CC(=O)NCc2cn(-c3ccccc3)nc2-c2ccccc2)CC1.